The van der Waals surface area contributed by atoms with Gasteiger partial charge in [-0.1, -0.05) is 80.6 Å². The quantitative estimate of drug-likeness (QED) is 0.348. The maximum absolute atomic E-state index is 13.1. The zero-order valence-electron chi connectivity index (χ0n) is 20.0. The smallest absolute Gasteiger partial charge is 0.262 e. The number of imide groups is 1. The number of benzene rings is 3. The molecule has 1 atom stereocenters. The summed E-state index contributed by atoms with van der Waals surface area (Å²) in [5, 5.41) is 5.88. The van der Waals surface area contributed by atoms with Crippen LogP contribution < -0.4 is 5.32 Å². The normalized spacial score (nSPS) is 13.7. The Balaban J connectivity index is 1.26. The van der Waals surface area contributed by atoms with Crippen molar-refractivity contribution >= 4 is 29.1 Å². The number of aromatic nitrogens is 1. The molecule has 0 saturated carbocycles. The number of fused-ring (bicyclic) bond motifs is 1. The van der Waals surface area contributed by atoms with Crippen molar-refractivity contribution in [2.75, 3.05) is 0 Å². The summed E-state index contributed by atoms with van der Waals surface area (Å²) < 4.78 is 0. The molecule has 4 aromatic rings. The lowest BCUT2D eigenvalue weighted by Crippen LogP contribution is -2.52. The monoisotopic (exact) mass is 495 g/mol. The van der Waals surface area contributed by atoms with E-state index in [4.69, 9.17) is 4.98 Å². The molecule has 1 N–H and O–H groups in total. The molecule has 0 bridgehead atoms. The van der Waals surface area contributed by atoms with Crippen LogP contribution in [0.3, 0.4) is 0 Å². The maximum atomic E-state index is 13.1. The van der Waals surface area contributed by atoms with E-state index >= 15 is 0 Å². The minimum absolute atomic E-state index is 0.238. The number of rotatable bonds is 7. The van der Waals surface area contributed by atoms with Crippen LogP contribution in [-0.4, -0.2) is 33.6 Å². The highest BCUT2D eigenvalue weighted by molar-refractivity contribution is 7.13. The van der Waals surface area contributed by atoms with Crippen LogP contribution in [0.15, 0.2) is 84.2 Å². The van der Waals surface area contributed by atoms with E-state index in [1.54, 1.807) is 35.6 Å². The summed E-state index contributed by atoms with van der Waals surface area (Å²) in [6, 6.07) is 23.7. The molecule has 6 nitrogen and oxygen atoms in total. The van der Waals surface area contributed by atoms with Gasteiger partial charge in [-0.15, -0.1) is 11.3 Å². The summed E-state index contributed by atoms with van der Waals surface area (Å²) in [6.07, 6.45) is 0. The average molecular weight is 496 g/mol. The predicted octanol–water partition coefficient (Wildman–Crippen LogP) is 5.41. The SMILES string of the molecule is CC(C)C(C(=O)NCc1ccc(-c2nc(-c3ccccc3)cs2)cc1)N1C(=O)c2ccccc2C1=O. The molecule has 1 unspecified atom stereocenters. The van der Waals surface area contributed by atoms with E-state index in [9.17, 15) is 14.4 Å². The van der Waals surface area contributed by atoms with Crippen LogP contribution in [0.5, 0.6) is 0 Å². The maximum Gasteiger partial charge on any atom is 0.262 e. The molecular weight excluding hydrogens is 470 g/mol. The van der Waals surface area contributed by atoms with E-state index in [2.05, 4.69) is 5.32 Å². The summed E-state index contributed by atoms with van der Waals surface area (Å²) in [5.74, 6) is -1.44. The van der Waals surface area contributed by atoms with Crippen LogP contribution in [0.4, 0.5) is 0 Å². The van der Waals surface area contributed by atoms with Gasteiger partial charge >= 0.3 is 0 Å². The molecule has 2 heterocycles. The molecule has 0 spiro atoms. The summed E-state index contributed by atoms with van der Waals surface area (Å²) in [7, 11) is 0. The van der Waals surface area contributed by atoms with Crippen LogP contribution in [-0.2, 0) is 11.3 Å². The van der Waals surface area contributed by atoms with E-state index in [-0.39, 0.29) is 11.8 Å². The number of carbonyl (C=O) groups is 3. The third-order valence-electron chi connectivity index (χ3n) is 6.25. The molecule has 0 radical (unpaired) electrons. The van der Waals surface area contributed by atoms with Gasteiger partial charge in [-0.25, -0.2) is 4.98 Å². The zero-order valence-corrected chi connectivity index (χ0v) is 20.8. The number of carbonyl (C=O) groups excluding carboxylic acids is 3. The van der Waals surface area contributed by atoms with E-state index < -0.39 is 17.9 Å². The molecule has 5 rings (SSSR count). The molecule has 1 aromatic heterocycles. The van der Waals surface area contributed by atoms with Crippen LogP contribution in [0.2, 0.25) is 0 Å². The van der Waals surface area contributed by atoms with Gasteiger partial charge in [0.05, 0.1) is 16.8 Å². The van der Waals surface area contributed by atoms with Gasteiger partial charge in [0.1, 0.15) is 11.0 Å². The first-order valence-electron chi connectivity index (χ1n) is 11.8. The first-order valence-corrected chi connectivity index (χ1v) is 12.7. The van der Waals surface area contributed by atoms with Crippen LogP contribution >= 0.6 is 11.3 Å². The van der Waals surface area contributed by atoms with Crippen molar-refractivity contribution in [1.82, 2.24) is 15.2 Å². The minimum Gasteiger partial charge on any atom is -0.350 e. The first kappa shape index (κ1) is 23.6. The lowest BCUT2D eigenvalue weighted by atomic mass is 10.0. The van der Waals surface area contributed by atoms with Crippen molar-refractivity contribution in [3.63, 3.8) is 0 Å². The highest BCUT2D eigenvalue weighted by atomic mass is 32.1. The third-order valence-corrected chi connectivity index (χ3v) is 7.14. The van der Waals surface area contributed by atoms with Gasteiger partial charge in [0.15, 0.2) is 0 Å². The second-order valence-corrected chi connectivity index (χ2v) is 9.89. The highest BCUT2D eigenvalue weighted by Crippen LogP contribution is 2.29. The predicted molar refractivity (Wildman–Crippen MR) is 140 cm³/mol. The average Bonchev–Trinajstić information content (AvgIpc) is 3.49. The molecule has 180 valence electrons. The van der Waals surface area contributed by atoms with Gasteiger partial charge in [-0.3, -0.25) is 19.3 Å². The molecule has 7 heteroatoms. The highest BCUT2D eigenvalue weighted by Gasteiger charge is 2.43. The molecule has 0 fully saturated rings. The number of amides is 3. The fourth-order valence-corrected chi connectivity index (χ4v) is 5.22. The van der Waals surface area contributed by atoms with Crippen LogP contribution in [0.25, 0.3) is 21.8 Å². The summed E-state index contributed by atoms with van der Waals surface area (Å²) in [4.78, 5) is 44.8. The first-order chi connectivity index (χ1) is 17.4. The van der Waals surface area contributed by atoms with E-state index in [1.807, 2.05) is 73.8 Å². The Morgan fingerprint density at radius 2 is 1.47 bits per heavy atom. The van der Waals surface area contributed by atoms with E-state index in [0.29, 0.717) is 17.7 Å². The van der Waals surface area contributed by atoms with Gasteiger partial charge in [0, 0.05) is 23.1 Å². The number of hydrogen-bond acceptors (Lipinski definition) is 5. The lowest BCUT2D eigenvalue weighted by Gasteiger charge is -2.28. The summed E-state index contributed by atoms with van der Waals surface area (Å²) >= 11 is 1.59. The molecule has 36 heavy (non-hydrogen) atoms. The number of nitrogens with zero attached hydrogens (tertiary/aromatic N) is 2. The molecule has 0 aliphatic carbocycles. The number of thiazole rings is 1. The minimum atomic E-state index is -0.886. The molecule has 3 amide bonds. The van der Waals surface area contributed by atoms with Crippen molar-refractivity contribution in [2.45, 2.75) is 26.4 Å². The third kappa shape index (κ3) is 4.45. The Labute approximate surface area is 213 Å². The second-order valence-electron chi connectivity index (χ2n) is 9.03. The van der Waals surface area contributed by atoms with Crippen molar-refractivity contribution < 1.29 is 14.4 Å². The fourth-order valence-electron chi connectivity index (χ4n) is 4.39. The van der Waals surface area contributed by atoms with E-state index in [0.717, 1.165) is 32.3 Å². The van der Waals surface area contributed by atoms with Gasteiger partial charge < -0.3 is 5.32 Å². The van der Waals surface area contributed by atoms with Crippen molar-refractivity contribution in [3.05, 3.63) is 101 Å². The molecule has 1 aliphatic rings. The van der Waals surface area contributed by atoms with Crippen molar-refractivity contribution in [2.24, 2.45) is 5.92 Å². The van der Waals surface area contributed by atoms with Crippen molar-refractivity contribution in [3.8, 4) is 21.8 Å². The second kappa shape index (κ2) is 9.87. The largest absolute Gasteiger partial charge is 0.350 e. The standard InChI is InChI=1S/C29H25N3O3S/c1-18(2)25(32-28(34)22-10-6-7-11-23(22)29(32)35)26(33)30-16-19-12-14-21(15-13-19)27-31-24(17-36-27)20-8-4-3-5-9-20/h3-15,17-18,25H,16H2,1-2H3,(H,30,33). The Morgan fingerprint density at radius 3 is 2.08 bits per heavy atom. The van der Waals surface area contributed by atoms with Crippen LogP contribution in [0, 0.1) is 5.92 Å². The Morgan fingerprint density at radius 1 is 0.861 bits per heavy atom. The number of nitrogens with one attached hydrogen (secondary N) is 1. The van der Waals surface area contributed by atoms with Gasteiger partial charge in [-0.2, -0.15) is 0 Å². The molecular formula is C29H25N3O3S. The number of hydrogen-bond donors (Lipinski definition) is 1. The van der Waals surface area contributed by atoms with E-state index in [1.165, 1.54) is 0 Å². The van der Waals surface area contributed by atoms with Gasteiger partial charge in [0.25, 0.3) is 11.8 Å². The topological polar surface area (TPSA) is 79.4 Å². The summed E-state index contributed by atoms with van der Waals surface area (Å²) in [5.41, 5.74) is 4.63. The molecule has 0 saturated heterocycles. The molecule has 1 aliphatic heterocycles. The Hall–Kier alpha value is -4.10. The fraction of sp³-hybridized carbons (Fsp3) is 0.172. The summed E-state index contributed by atoms with van der Waals surface area (Å²) in [6.45, 7) is 3.96. The molecule has 3 aromatic carbocycles. The lowest BCUT2D eigenvalue weighted by molar-refractivity contribution is -0.126. The zero-order chi connectivity index (χ0) is 25.2. The van der Waals surface area contributed by atoms with Gasteiger partial charge in [-0.05, 0) is 23.6 Å². The Bertz CT molecular complexity index is 1390. The van der Waals surface area contributed by atoms with Crippen molar-refractivity contribution in [1.29, 1.82) is 0 Å². The van der Waals surface area contributed by atoms with Crippen LogP contribution in [0.1, 0.15) is 40.1 Å². The van der Waals surface area contributed by atoms with Gasteiger partial charge in [0.2, 0.25) is 5.91 Å². The Kier molecular flexibility index (Phi) is 6.48.